The first-order valence-electron chi connectivity index (χ1n) is 9.36. The van der Waals surface area contributed by atoms with Crippen LogP contribution in [0.2, 0.25) is 0 Å². The number of carbonyl (C=O) groups excluding carboxylic acids is 2. The Morgan fingerprint density at radius 1 is 1.23 bits per heavy atom. The van der Waals surface area contributed by atoms with Crippen molar-refractivity contribution in [2.75, 3.05) is 18.0 Å². The predicted octanol–water partition coefficient (Wildman–Crippen LogP) is 3.26. The minimum absolute atomic E-state index is 0.219. The molecule has 1 unspecified atom stereocenters. The van der Waals surface area contributed by atoms with E-state index in [-0.39, 0.29) is 12.1 Å². The molecule has 0 saturated carbocycles. The van der Waals surface area contributed by atoms with E-state index in [0.29, 0.717) is 17.7 Å². The van der Waals surface area contributed by atoms with E-state index in [1.165, 1.54) is 18.5 Å². The number of esters is 1. The minimum Gasteiger partial charge on any atom is -0.459 e. The predicted molar refractivity (Wildman–Crippen MR) is 101 cm³/mol. The zero-order valence-corrected chi connectivity index (χ0v) is 15.7. The lowest BCUT2D eigenvalue weighted by Gasteiger charge is -2.30. The summed E-state index contributed by atoms with van der Waals surface area (Å²) in [5.74, 6) is -0.391. The molecule has 2 amide bonds. The van der Waals surface area contributed by atoms with Gasteiger partial charge in [-0.05, 0) is 50.8 Å². The Morgan fingerprint density at radius 3 is 2.46 bits per heavy atom. The molecule has 0 bridgehead atoms. The smallest absolute Gasteiger partial charge is 0.338 e. The van der Waals surface area contributed by atoms with E-state index >= 15 is 0 Å². The highest BCUT2D eigenvalue weighted by Gasteiger charge is 2.33. The fourth-order valence-electron chi connectivity index (χ4n) is 3.52. The molecule has 3 rings (SSSR count). The number of hydrogen-bond donors (Lipinski definition) is 2. The van der Waals surface area contributed by atoms with Gasteiger partial charge in [0.05, 0.1) is 17.7 Å². The standard InChI is InChI=1S/C20H27N3O3/c1-4-16-17(19(24)26-13(2)3)18(22-20(25)21-16)14-7-9-15(10-8-14)23-11-5-6-12-23/h7-10,13,18H,4-6,11-12H2,1-3H3,(H2,21,22,25). The fourth-order valence-corrected chi connectivity index (χ4v) is 3.52. The molecular formula is C20H27N3O3. The summed E-state index contributed by atoms with van der Waals surface area (Å²) >= 11 is 0. The molecule has 0 aliphatic carbocycles. The van der Waals surface area contributed by atoms with Crippen molar-refractivity contribution in [2.24, 2.45) is 0 Å². The highest BCUT2D eigenvalue weighted by molar-refractivity contribution is 5.95. The molecule has 0 radical (unpaired) electrons. The van der Waals surface area contributed by atoms with Gasteiger partial charge in [0, 0.05) is 24.5 Å². The Kier molecular flexibility index (Phi) is 5.49. The number of nitrogens with zero attached hydrogens (tertiary/aromatic N) is 1. The molecule has 1 saturated heterocycles. The summed E-state index contributed by atoms with van der Waals surface area (Å²) in [6, 6.07) is 7.30. The maximum absolute atomic E-state index is 12.7. The molecule has 1 aromatic rings. The van der Waals surface area contributed by atoms with Crippen LogP contribution in [0.25, 0.3) is 0 Å². The fraction of sp³-hybridized carbons (Fsp3) is 0.500. The third kappa shape index (κ3) is 3.84. The minimum atomic E-state index is -0.502. The van der Waals surface area contributed by atoms with Crippen LogP contribution in [0, 0.1) is 0 Å². The van der Waals surface area contributed by atoms with Crippen molar-refractivity contribution in [1.29, 1.82) is 0 Å². The average Bonchev–Trinajstić information content (AvgIpc) is 3.15. The summed E-state index contributed by atoms with van der Waals surface area (Å²) in [5.41, 5.74) is 3.16. The van der Waals surface area contributed by atoms with Gasteiger partial charge in [0.15, 0.2) is 0 Å². The Balaban J connectivity index is 1.91. The van der Waals surface area contributed by atoms with Crippen LogP contribution in [-0.4, -0.2) is 31.2 Å². The average molecular weight is 357 g/mol. The summed E-state index contributed by atoms with van der Waals surface area (Å²) in [5, 5.41) is 5.61. The molecule has 1 fully saturated rings. The van der Waals surface area contributed by atoms with Crippen molar-refractivity contribution in [3.63, 3.8) is 0 Å². The van der Waals surface area contributed by atoms with E-state index in [1.54, 1.807) is 0 Å². The second kappa shape index (κ2) is 7.81. The van der Waals surface area contributed by atoms with Crippen LogP contribution < -0.4 is 15.5 Å². The largest absolute Gasteiger partial charge is 0.459 e. The summed E-state index contributed by atoms with van der Waals surface area (Å²) in [4.78, 5) is 27.1. The molecule has 26 heavy (non-hydrogen) atoms. The van der Waals surface area contributed by atoms with E-state index < -0.39 is 12.0 Å². The zero-order valence-electron chi connectivity index (χ0n) is 15.7. The van der Waals surface area contributed by atoms with Crippen LogP contribution in [0.3, 0.4) is 0 Å². The Bertz CT molecular complexity index is 704. The van der Waals surface area contributed by atoms with E-state index in [0.717, 1.165) is 18.7 Å². The number of anilines is 1. The molecule has 2 N–H and O–H groups in total. The second-order valence-corrected chi connectivity index (χ2v) is 7.02. The molecule has 1 atom stereocenters. The second-order valence-electron chi connectivity index (χ2n) is 7.02. The monoisotopic (exact) mass is 357 g/mol. The number of carbonyl (C=O) groups is 2. The Labute approximate surface area is 154 Å². The van der Waals surface area contributed by atoms with Crippen LogP contribution in [0.15, 0.2) is 35.5 Å². The lowest BCUT2D eigenvalue weighted by molar-refractivity contribution is -0.143. The van der Waals surface area contributed by atoms with Gasteiger partial charge in [0.2, 0.25) is 0 Å². The van der Waals surface area contributed by atoms with Crippen molar-refractivity contribution < 1.29 is 14.3 Å². The number of urea groups is 1. The van der Waals surface area contributed by atoms with Crippen LogP contribution in [-0.2, 0) is 9.53 Å². The van der Waals surface area contributed by atoms with Crippen LogP contribution >= 0.6 is 0 Å². The number of hydrogen-bond acceptors (Lipinski definition) is 4. The maximum atomic E-state index is 12.7. The van der Waals surface area contributed by atoms with Crippen LogP contribution in [0.1, 0.15) is 51.6 Å². The molecular weight excluding hydrogens is 330 g/mol. The van der Waals surface area contributed by atoms with Gasteiger partial charge in [-0.1, -0.05) is 19.1 Å². The van der Waals surface area contributed by atoms with Gasteiger partial charge in [0.1, 0.15) is 0 Å². The third-order valence-corrected chi connectivity index (χ3v) is 4.77. The molecule has 0 spiro atoms. The zero-order chi connectivity index (χ0) is 18.7. The van der Waals surface area contributed by atoms with E-state index in [2.05, 4.69) is 27.7 Å². The first-order chi connectivity index (χ1) is 12.5. The van der Waals surface area contributed by atoms with E-state index in [9.17, 15) is 9.59 Å². The number of allylic oxidation sites excluding steroid dienone is 1. The number of amides is 2. The topological polar surface area (TPSA) is 70.7 Å². The lowest BCUT2D eigenvalue weighted by Crippen LogP contribution is -2.46. The number of ether oxygens (including phenoxy) is 1. The maximum Gasteiger partial charge on any atom is 0.338 e. The number of nitrogens with one attached hydrogen (secondary N) is 2. The Morgan fingerprint density at radius 2 is 1.88 bits per heavy atom. The van der Waals surface area contributed by atoms with E-state index in [4.69, 9.17) is 4.74 Å². The van der Waals surface area contributed by atoms with Gasteiger partial charge in [-0.25, -0.2) is 9.59 Å². The lowest BCUT2D eigenvalue weighted by atomic mass is 9.94. The Hall–Kier alpha value is -2.50. The van der Waals surface area contributed by atoms with Gasteiger partial charge in [0.25, 0.3) is 0 Å². The van der Waals surface area contributed by atoms with Gasteiger partial charge in [-0.15, -0.1) is 0 Å². The first-order valence-corrected chi connectivity index (χ1v) is 9.36. The number of rotatable bonds is 5. The van der Waals surface area contributed by atoms with Gasteiger partial charge in [-0.2, -0.15) is 0 Å². The van der Waals surface area contributed by atoms with Gasteiger partial charge >= 0.3 is 12.0 Å². The van der Waals surface area contributed by atoms with Crippen molar-refractivity contribution in [1.82, 2.24) is 10.6 Å². The van der Waals surface area contributed by atoms with Crippen molar-refractivity contribution >= 4 is 17.7 Å². The van der Waals surface area contributed by atoms with E-state index in [1.807, 2.05) is 32.9 Å². The molecule has 2 heterocycles. The van der Waals surface area contributed by atoms with Crippen molar-refractivity contribution in [2.45, 2.75) is 52.2 Å². The normalized spacial score (nSPS) is 20.2. The van der Waals surface area contributed by atoms with Crippen LogP contribution in [0.5, 0.6) is 0 Å². The quantitative estimate of drug-likeness (QED) is 0.794. The first kappa shape index (κ1) is 18.3. The molecule has 2 aliphatic rings. The van der Waals surface area contributed by atoms with Gasteiger partial charge in [-0.3, -0.25) is 0 Å². The van der Waals surface area contributed by atoms with Gasteiger partial charge < -0.3 is 20.3 Å². The molecule has 140 valence electrons. The van der Waals surface area contributed by atoms with Crippen molar-refractivity contribution in [3.05, 3.63) is 41.1 Å². The summed E-state index contributed by atoms with van der Waals surface area (Å²) < 4.78 is 5.42. The number of benzene rings is 1. The molecule has 2 aliphatic heterocycles. The van der Waals surface area contributed by atoms with Crippen molar-refractivity contribution in [3.8, 4) is 0 Å². The SMILES string of the molecule is CCC1=C(C(=O)OC(C)C)C(c2ccc(N3CCCC3)cc2)NC(=O)N1. The molecule has 1 aromatic carbocycles. The molecule has 6 heteroatoms. The third-order valence-electron chi connectivity index (χ3n) is 4.77. The summed E-state index contributed by atoms with van der Waals surface area (Å²) in [6.07, 6.45) is 2.78. The van der Waals surface area contributed by atoms with Crippen LogP contribution in [0.4, 0.5) is 10.5 Å². The molecule has 0 aromatic heterocycles. The summed E-state index contributed by atoms with van der Waals surface area (Å²) in [6.45, 7) is 7.71. The molecule has 6 nitrogen and oxygen atoms in total. The highest BCUT2D eigenvalue weighted by Crippen LogP contribution is 2.31. The summed E-state index contributed by atoms with van der Waals surface area (Å²) in [7, 11) is 0. The highest BCUT2D eigenvalue weighted by atomic mass is 16.5.